The van der Waals surface area contributed by atoms with Crippen LogP contribution < -0.4 is 0 Å². The first-order chi connectivity index (χ1) is 8.58. The zero-order valence-electron chi connectivity index (χ0n) is 10.4. The summed E-state index contributed by atoms with van der Waals surface area (Å²) in [5.41, 5.74) is 2.23. The van der Waals surface area contributed by atoms with Gasteiger partial charge in [-0.2, -0.15) is 0 Å². The SMILES string of the molecule is Cc1ccc(CCC(=O)C2C(=O)CCC2=O)cc1. The van der Waals surface area contributed by atoms with Crippen molar-refractivity contribution in [2.24, 2.45) is 5.92 Å². The highest BCUT2D eigenvalue weighted by Gasteiger charge is 2.37. The van der Waals surface area contributed by atoms with Gasteiger partial charge < -0.3 is 0 Å². The lowest BCUT2D eigenvalue weighted by Gasteiger charge is -2.06. The van der Waals surface area contributed by atoms with E-state index in [2.05, 4.69) is 0 Å². The lowest BCUT2D eigenvalue weighted by molar-refractivity contribution is -0.136. The van der Waals surface area contributed by atoms with Crippen LogP contribution in [0.25, 0.3) is 0 Å². The lowest BCUT2D eigenvalue weighted by atomic mass is 9.95. The molecule has 0 saturated heterocycles. The molecule has 0 radical (unpaired) electrons. The maximum atomic E-state index is 11.9. The largest absolute Gasteiger partial charge is 0.298 e. The fourth-order valence-electron chi connectivity index (χ4n) is 2.24. The van der Waals surface area contributed by atoms with E-state index in [1.165, 1.54) is 5.56 Å². The second kappa shape index (κ2) is 5.25. The molecule has 1 aromatic carbocycles. The molecule has 0 atom stereocenters. The lowest BCUT2D eigenvalue weighted by Crippen LogP contribution is -2.25. The van der Waals surface area contributed by atoms with Crippen molar-refractivity contribution in [2.45, 2.75) is 32.6 Å². The van der Waals surface area contributed by atoms with Gasteiger partial charge in [-0.05, 0) is 18.9 Å². The van der Waals surface area contributed by atoms with Gasteiger partial charge in [-0.25, -0.2) is 0 Å². The molecule has 1 aromatic rings. The van der Waals surface area contributed by atoms with Crippen molar-refractivity contribution in [1.29, 1.82) is 0 Å². The third kappa shape index (κ3) is 2.73. The predicted octanol–water partition coefficient (Wildman–Crippen LogP) is 2.04. The number of carbonyl (C=O) groups is 3. The predicted molar refractivity (Wildman–Crippen MR) is 67.2 cm³/mol. The number of Topliss-reactive ketones (excluding diaryl/α,β-unsaturated/α-hetero) is 3. The van der Waals surface area contributed by atoms with Crippen molar-refractivity contribution in [3.05, 3.63) is 35.4 Å². The van der Waals surface area contributed by atoms with Crippen LogP contribution in [0.3, 0.4) is 0 Å². The Morgan fingerprint density at radius 3 is 2.22 bits per heavy atom. The van der Waals surface area contributed by atoms with Crippen LogP contribution in [0.1, 0.15) is 30.4 Å². The van der Waals surface area contributed by atoms with Gasteiger partial charge >= 0.3 is 0 Å². The zero-order valence-corrected chi connectivity index (χ0v) is 10.4. The summed E-state index contributed by atoms with van der Waals surface area (Å²) in [5, 5.41) is 0. The third-order valence-corrected chi connectivity index (χ3v) is 3.36. The molecule has 1 aliphatic rings. The molecule has 1 saturated carbocycles. The van der Waals surface area contributed by atoms with E-state index in [0.29, 0.717) is 6.42 Å². The van der Waals surface area contributed by atoms with E-state index in [-0.39, 0.29) is 36.6 Å². The Kier molecular flexibility index (Phi) is 3.70. The zero-order chi connectivity index (χ0) is 13.1. The van der Waals surface area contributed by atoms with Crippen LogP contribution in [0.2, 0.25) is 0 Å². The van der Waals surface area contributed by atoms with E-state index >= 15 is 0 Å². The molecule has 1 aliphatic carbocycles. The first kappa shape index (κ1) is 12.7. The topological polar surface area (TPSA) is 51.2 Å². The molecule has 1 fully saturated rings. The van der Waals surface area contributed by atoms with Crippen molar-refractivity contribution < 1.29 is 14.4 Å². The highest BCUT2D eigenvalue weighted by atomic mass is 16.2. The summed E-state index contributed by atoms with van der Waals surface area (Å²) in [6.45, 7) is 2.00. The molecule has 3 heteroatoms. The number of aryl methyl sites for hydroxylation is 2. The van der Waals surface area contributed by atoms with Gasteiger partial charge in [0, 0.05) is 19.3 Å². The highest BCUT2D eigenvalue weighted by Crippen LogP contribution is 2.20. The standard InChI is InChI=1S/C15H16O3/c1-10-2-4-11(5-3-10)6-7-12(16)15-13(17)8-9-14(15)18/h2-5,15H,6-9H2,1H3. The van der Waals surface area contributed by atoms with Crippen molar-refractivity contribution in [3.8, 4) is 0 Å². The average molecular weight is 244 g/mol. The van der Waals surface area contributed by atoms with E-state index < -0.39 is 5.92 Å². The molecule has 0 spiro atoms. The van der Waals surface area contributed by atoms with Crippen LogP contribution in [-0.4, -0.2) is 17.3 Å². The van der Waals surface area contributed by atoms with Crippen molar-refractivity contribution >= 4 is 17.3 Å². The van der Waals surface area contributed by atoms with E-state index in [1.54, 1.807) is 0 Å². The molecular formula is C15H16O3. The summed E-state index contributed by atoms with van der Waals surface area (Å²) in [4.78, 5) is 34.7. The molecule has 0 heterocycles. The van der Waals surface area contributed by atoms with Crippen LogP contribution in [0, 0.1) is 12.8 Å². The Labute approximate surface area is 106 Å². The minimum Gasteiger partial charge on any atom is -0.298 e. The number of hydrogen-bond acceptors (Lipinski definition) is 3. The molecule has 3 nitrogen and oxygen atoms in total. The monoisotopic (exact) mass is 244 g/mol. The van der Waals surface area contributed by atoms with Crippen LogP contribution in [0.15, 0.2) is 24.3 Å². The molecular weight excluding hydrogens is 228 g/mol. The van der Waals surface area contributed by atoms with Gasteiger partial charge in [-0.15, -0.1) is 0 Å². The van der Waals surface area contributed by atoms with Crippen molar-refractivity contribution in [1.82, 2.24) is 0 Å². The van der Waals surface area contributed by atoms with E-state index in [1.807, 2.05) is 31.2 Å². The Morgan fingerprint density at radius 1 is 1.11 bits per heavy atom. The molecule has 2 rings (SSSR count). The van der Waals surface area contributed by atoms with Crippen molar-refractivity contribution in [2.75, 3.05) is 0 Å². The summed E-state index contributed by atoms with van der Waals surface area (Å²) in [6, 6.07) is 7.93. The highest BCUT2D eigenvalue weighted by molar-refractivity contribution is 6.23. The van der Waals surface area contributed by atoms with Crippen molar-refractivity contribution in [3.63, 3.8) is 0 Å². The van der Waals surface area contributed by atoms with Gasteiger partial charge in [0.15, 0.2) is 17.3 Å². The second-order valence-electron chi connectivity index (χ2n) is 4.82. The number of benzene rings is 1. The minimum absolute atomic E-state index is 0.200. The summed E-state index contributed by atoms with van der Waals surface area (Å²) >= 11 is 0. The molecule has 0 unspecified atom stereocenters. The molecule has 18 heavy (non-hydrogen) atoms. The average Bonchev–Trinajstić information content (AvgIpc) is 2.68. The van der Waals surface area contributed by atoms with Crippen LogP contribution in [-0.2, 0) is 20.8 Å². The summed E-state index contributed by atoms with van der Waals surface area (Å²) < 4.78 is 0. The number of rotatable bonds is 4. The van der Waals surface area contributed by atoms with Gasteiger partial charge in [0.25, 0.3) is 0 Å². The normalized spacial score (nSPS) is 16.3. The second-order valence-corrected chi connectivity index (χ2v) is 4.82. The van der Waals surface area contributed by atoms with Gasteiger partial charge in [-0.1, -0.05) is 29.8 Å². The first-order valence-corrected chi connectivity index (χ1v) is 6.21. The third-order valence-electron chi connectivity index (χ3n) is 3.36. The van der Waals surface area contributed by atoms with Gasteiger partial charge in [0.2, 0.25) is 0 Å². The maximum absolute atomic E-state index is 11.9. The van der Waals surface area contributed by atoms with Gasteiger partial charge in [0.05, 0.1) is 0 Å². The summed E-state index contributed by atoms with van der Waals surface area (Å²) in [6.07, 6.45) is 1.33. The molecule has 94 valence electrons. The molecule has 0 N–H and O–H groups in total. The van der Waals surface area contributed by atoms with Crippen LogP contribution in [0.4, 0.5) is 0 Å². The van der Waals surface area contributed by atoms with Gasteiger partial charge in [0.1, 0.15) is 5.92 Å². The van der Waals surface area contributed by atoms with Gasteiger partial charge in [-0.3, -0.25) is 14.4 Å². The Hall–Kier alpha value is -1.77. The molecule has 0 aliphatic heterocycles. The summed E-state index contributed by atoms with van der Waals surface area (Å²) in [5.74, 6) is -1.58. The van der Waals surface area contributed by atoms with E-state index in [9.17, 15) is 14.4 Å². The van der Waals surface area contributed by atoms with Crippen LogP contribution >= 0.6 is 0 Å². The van der Waals surface area contributed by atoms with E-state index in [0.717, 1.165) is 5.56 Å². The fraction of sp³-hybridized carbons (Fsp3) is 0.400. The van der Waals surface area contributed by atoms with Crippen LogP contribution in [0.5, 0.6) is 0 Å². The molecule has 0 bridgehead atoms. The molecule has 0 amide bonds. The first-order valence-electron chi connectivity index (χ1n) is 6.21. The maximum Gasteiger partial charge on any atom is 0.151 e. The fourth-order valence-corrected chi connectivity index (χ4v) is 2.24. The summed E-state index contributed by atoms with van der Waals surface area (Å²) in [7, 11) is 0. The Morgan fingerprint density at radius 2 is 1.67 bits per heavy atom. The Balaban J connectivity index is 1.94. The quantitative estimate of drug-likeness (QED) is 0.762. The molecule has 0 aromatic heterocycles. The number of carbonyl (C=O) groups excluding carboxylic acids is 3. The minimum atomic E-state index is -0.963. The smallest absolute Gasteiger partial charge is 0.151 e. The van der Waals surface area contributed by atoms with E-state index in [4.69, 9.17) is 0 Å². The Bertz CT molecular complexity index is 469. The number of ketones is 3. The number of hydrogen-bond donors (Lipinski definition) is 0.